The first kappa shape index (κ1) is 17.4. The van der Waals surface area contributed by atoms with Gasteiger partial charge >= 0.3 is 0 Å². The van der Waals surface area contributed by atoms with Crippen molar-refractivity contribution in [3.05, 3.63) is 90.5 Å². The van der Waals surface area contributed by atoms with Crippen LogP contribution in [0.2, 0.25) is 0 Å². The van der Waals surface area contributed by atoms with Gasteiger partial charge in [0.2, 0.25) is 11.8 Å². The standard InChI is InChI=1S/C22H20N2O2/c25-21(15-17-7-3-1-4-8-17)23-16-22(26)24-20-13-11-19(12-14-20)18-9-5-2-6-10-18/h1-14H,15-16H2,(H,23,25)(H,24,26). The van der Waals surface area contributed by atoms with Crippen molar-refractivity contribution in [3.63, 3.8) is 0 Å². The molecule has 4 heteroatoms. The lowest BCUT2D eigenvalue weighted by atomic mass is 10.1. The molecule has 0 radical (unpaired) electrons. The molecule has 0 aliphatic carbocycles. The second kappa shape index (κ2) is 8.62. The summed E-state index contributed by atoms with van der Waals surface area (Å²) in [6.07, 6.45) is 0.264. The Morgan fingerprint density at radius 1 is 0.654 bits per heavy atom. The van der Waals surface area contributed by atoms with Crippen LogP contribution >= 0.6 is 0 Å². The van der Waals surface area contributed by atoms with Gasteiger partial charge in [-0.25, -0.2) is 0 Å². The SMILES string of the molecule is O=C(Cc1ccccc1)NCC(=O)Nc1ccc(-c2ccccc2)cc1. The molecule has 0 aliphatic heterocycles. The van der Waals surface area contributed by atoms with Gasteiger partial charge in [0.25, 0.3) is 0 Å². The number of carbonyl (C=O) groups is 2. The molecule has 0 heterocycles. The minimum absolute atomic E-state index is 0.0495. The molecule has 0 fully saturated rings. The van der Waals surface area contributed by atoms with E-state index in [1.54, 1.807) is 0 Å². The first-order valence-corrected chi connectivity index (χ1v) is 8.47. The zero-order valence-corrected chi connectivity index (χ0v) is 14.3. The minimum Gasteiger partial charge on any atom is -0.347 e. The number of nitrogens with one attached hydrogen (secondary N) is 2. The summed E-state index contributed by atoms with van der Waals surface area (Å²) in [6.45, 7) is -0.0495. The predicted molar refractivity (Wildman–Crippen MR) is 104 cm³/mol. The van der Waals surface area contributed by atoms with Gasteiger partial charge in [-0.3, -0.25) is 9.59 Å². The molecule has 26 heavy (non-hydrogen) atoms. The van der Waals surface area contributed by atoms with Gasteiger partial charge in [0, 0.05) is 5.69 Å². The van der Waals surface area contributed by atoms with Crippen LogP contribution in [0.3, 0.4) is 0 Å². The van der Waals surface area contributed by atoms with Crippen LogP contribution in [-0.2, 0) is 16.0 Å². The summed E-state index contributed by atoms with van der Waals surface area (Å²) in [6, 6.07) is 27.1. The minimum atomic E-state index is -0.251. The van der Waals surface area contributed by atoms with Gasteiger partial charge in [-0.05, 0) is 28.8 Å². The molecule has 0 bridgehead atoms. The molecule has 2 N–H and O–H groups in total. The van der Waals surface area contributed by atoms with E-state index in [1.807, 2.05) is 84.9 Å². The number of hydrogen-bond acceptors (Lipinski definition) is 2. The highest BCUT2D eigenvalue weighted by Gasteiger charge is 2.07. The first-order valence-electron chi connectivity index (χ1n) is 8.47. The Morgan fingerprint density at radius 3 is 1.88 bits per heavy atom. The van der Waals surface area contributed by atoms with Crippen LogP contribution in [0.25, 0.3) is 11.1 Å². The molecule has 3 aromatic carbocycles. The second-order valence-corrected chi connectivity index (χ2v) is 5.93. The monoisotopic (exact) mass is 344 g/mol. The molecular weight excluding hydrogens is 324 g/mol. The van der Waals surface area contributed by atoms with E-state index in [4.69, 9.17) is 0 Å². The third kappa shape index (κ3) is 5.05. The molecule has 0 aliphatic rings. The summed E-state index contributed by atoms with van der Waals surface area (Å²) < 4.78 is 0. The molecule has 4 nitrogen and oxygen atoms in total. The molecule has 130 valence electrons. The number of benzene rings is 3. The highest BCUT2D eigenvalue weighted by atomic mass is 16.2. The number of hydrogen-bond donors (Lipinski definition) is 2. The summed E-state index contributed by atoms with van der Waals surface area (Å²) in [7, 11) is 0. The zero-order valence-electron chi connectivity index (χ0n) is 14.3. The van der Waals surface area contributed by atoms with Gasteiger partial charge < -0.3 is 10.6 Å². The Balaban J connectivity index is 1.48. The van der Waals surface area contributed by atoms with Crippen LogP contribution in [0.1, 0.15) is 5.56 Å². The number of anilines is 1. The third-order valence-corrected chi connectivity index (χ3v) is 3.93. The van der Waals surface area contributed by atoms with Crippen LogP contribution in [0.4, 0.5) is 5.69 Å². The molecule has 0 unspecified atom stereocenters. The van der Waals surface area contributed by atoms with Crippen molar-refractivity contribution < 1.29 is 9.59 Å². The lowest BCUT2D eigenvalue weighted by Gasteiger charge is -2.08. The Labute approximate surface area is 152 Å². The van der Waals surface area contributed by atoms with Crippen molar-refractivity contribution in [2.75, 3.05) is 11.9 Å². The van der Waals surface area contributed by atoms with E-state index in [1.165, 1.54) is 0 Å². The topological polar surface area (TPSA) is 58.2 Å². The molecule has 0 saturated heterocycles. The zero-order chi connectivity index (χ0) is 18.2. The maximum absolute atomic E-state index is 12.0. The normalized spacial score (nSPS) is 10.2. The predicted octanol–water partition coefficient (Wildman–Crippen LogP) is 3.65. The maximum atomic E-state index is 12.0. The number of rotatable bonds is 6. The third-order valence-electron chi connectivity index (χ3n) is 3.93. The summed E-state index contributed by atoms with van der Waals surface area (Å²) in [5, 5.41) is 5.42. The Bertz CT molecular complexity index is 860. The first-order chi connectivity index (χ1) is 12.7. The average molecular weight is 344 g/mol. The Morgan fingerprint density at radius 2 is 1.23 bits per heavy atom. The van der Waals surface area contributed by atoms with Gasteiger partial charge in [-0.2, -0.15) is 0 Å². The average Bonchev–Trinajstić information content (AvgIpc) is 2.68. The number of carbonyl (C=O) groups excluding carboxylic acids is 2. The quantitative estimate of drug-likeness (QED) is 0.717. The Kier molecular flexibility index (Phi) is 5.78. The molecular formula is C22H20N2O2. The van der Waals surface area contributed by atoms with Crippen molar-refractivity contribution in [1.82, 2.24) is 5.32 Å². The van der Waals surface area contributed by atoms with Crippen molar-refractivity contribution in [1.29, 1.82) is 0 Å². The van der Waals surface area contributed by atoms with Gasteiger partial charge in [-0.15, -0.1) is 0 Å². The van der Waals surface area contributed by atoms with Crippen LogP contribution in [0.15, 0.2) is 84.9 Å². The Hall–Kier alpha value is -3.40. The fourth-order valence-corrected chi connectivity index (χ4v) is 2.60. The summed E-state index contributed by atoms with van der Waals surface area (Å²) >= 11 is 0. The highest BCUT2D eigenvalue weighted by molar-refractivity contribution is 5.94. The van der Waals surface area contributed by atoms with Gasteiger partial charge in [-0.1, -0.05) is 72.8 Å². The van der Waals surface area contributed by atoms with E-state index in [9.17, 15) is 9.59 Å². The van der Waals surface area contributed by atoms with E-state index in [-0.39, 0.29) is 24.8 Å². The molecule has 0 spiro atoms. The number of amides is 2. The van der Waals surface area contributed by atoms with Crippen LogP contribution in [0.5, 0.6) is 0 Å². The van der Waals surface area contributed by atoms with E-state index < -0.39 is 0 Å². The molecule has 3 aromatic rings. The van der Waals surface area contributed by atoms with Gasteiger partial charge in [0.1, 0.15) is 0 Å². The second-order valence-electron chi connectivity index (χ2n) is 5.93. The summed E-state index contributed by atoms with van der Waals surface area (Å²) in [4.78, 5) is 23.9. The lowest BCUT2D eigenvalue weighted by Crippen LogP contribution is -2.33. The maximum Gasteiger partial charge on any atom is 0.243 e. The highest BCUT2D eigenvalue weighted by Crippen LogP contribution is 2.20. The molecule has 0 saturated carbocycles. The van der Waals surface area contributed by atoms with Crippen LogP contribution in [-0.4, -0.2) is 18.4 Å². The van der Waals surface area contributed by atoms with E-state index in [0.717, 1.165) is 16.7 Å². The summed E-state index contributed by atoms with van der Waals surface area (Å²) in [5.41, 5.74) is 3.83. The van der Waals surface area contributed by atoms with Crippen molar-refractivity contribution in [2.45, 2.75) is 6.42 Å². The van der Waals surface area contributed by atoms with Crippen molar-refractivity contribution in [2.24, 2.45) is 0 Å². The van der Waals surface area contributed by atoms with E-state index in [0.29, 0.717) is 5.69 Å². The van der Waals surface area contributed by atoms with Crippen molar-refractivity contribution in [3.8, 4) is 11.1 Å². The van der Waals surface area contributed by atoms with Crippen LogP contribution in [0, 0.1) is 0 Å². The van der Waals surface area contributed by atoms with E-state index in [2.05, 4.69) is 10.6 Å². The lowest BCUT2D eigenvalue weighted by molar-refractivity contribution is -0.123. The van der Waals surface area contributed by atoms with E-state index >= 15 is 0 Å². The molecule has 0 atom stereocenters. The molecule has 0 aromatic heterocycles. The van der Waals surface area contributed by atoms with Crippen LogP contribution < -0.4 is 10.6 Å². The van der Waals surface area contributed by atoms with Gasteiger partial charge in [0.15, 0.2) is 0 Å². The molecule has 2 amide bonds. The van der Waals surface area contributed by atoms with Crippen molar-refractivity contribution >= 4 is 17.5 Å². The fourth-order valence-electron chi connectivity index (χ4n) is 2.60. The summed E-state index contributed by atoms with van der Waals surface area (Å²) in [5.74, 6) is -0.426. The smallest absolute Gasteiger partial charge is 0.243 e. The molecule has 3 rings (SSSR count). The fraction of sp³-hybridized carbons (Fsp3) is 0.0909. The van der Waals surface area contributed by atoms with Gasteiger partial charge in [0.05, 0.1) is 13.0 Å². The largest absolute Gasteiger partial charge is 0.347 e.